The number of pyridine rings is 1. The molecule has 4 atom stereocenters. The van der Waals surface area contributed by atoms with E-state index in [0.29, 0.717) is 19.4 Å². The highest BCUT2D eigenvalue weighted by atomic mass is 16.6. The van der Waals surface area contributed by atoms with E-state index >= 15 is 0 Å². The van der Waals surface area contributed by atoms with Crippen LogP contribution in [0.2, 0.25) is 0 Å². The second-order valence-electron chi connectivity index (χ2n) is 10.3. The number of hydrogen-bond acceptors (Lipinski definition) is 5. The van der Waals surface area contributed by atoms with E-state index in [2.05, 4.69) is 12.2 Å². The molecule has 2 aliphatic rings. The fourth-order valence-corrected chi connectivity index (χ4v) is 5.39. The summed E-state index contributed by atoms with van der Waals surface area (Å²) in [6.45, 7) is 4.41. The lowest BCUT2D eigenvalue weighted by Crippen LogP contribution is -2.57. The molecule has 0 bridgehead atoms. The Morgan fingerprint density at radius 1 is 1.19 bits per heavy atom. The van der Waals surface area contributed by atoms with Crippen LogP contribution in [0.5, 0.6) is 0 Å². The van der Waals surface area contributed by atoms with Gasteiger partial charge in [0.2, 0.25) is 0 Å². The van der Waals surface area contributed by atoms with Gasteiger partial charge in [-0.25, -0.2) is 4.79 Å². The van der Waals surface area contributed by atoms with Crippen molar-refractivity contribution in [1.82, 2.24) is 9.47 Å². The highest BCUT2D eigenvalue weighted by molar-refractivity contribution is 5.70. The van der Waals surface area contributed by atoms with Crippen molar-refractivity contribution in [2.75, 3.05) is 20.3 Å². The zero-order valence-corrected chi connectivity index (χ0v) is 21.5. The van der Waals surface area contributed by atoms with E-state index in [1.165, 1.54) is 4.57 Å². The fourth-order valence-electron chi connectivity index (χ4n) is 5.39. The molecule has 0 spiro atoms. The summed E-state index contributed by atoms with van der Waals surface area (Å²) < 4.78 is 13.0. The smallest absolute Gasteiger partial charge is 0.410 e. The lowest BCUT2D eigenvalue weighted by Gasteiger charge is -2.48. The van der Waals surface area contributed by atoms with Gasteiger partial charge in [-0.3, -0.25) is 4.79 Å². The minimum atomic E-state index is -1.12. The molecule has 1 N–H and O–H groups in total. The summed E-state index contributed by atoms with van der Waals surface area (Å²) in [5.41, 5.74) is 0.807. The predicted molar refractivity (Wildman–Crippen MR) is 140 cm³/mol. The van der Waals surface area contributed by atoms with Crippen LogP contribution in [-0.4, -0.2) is 52.1 Å². The van der Waals surface area contributed by atoms with Crippen LogP contribution >= 0.6 is 0 Å². The zero-order valence-electron chi connectivity index (χ0n) is 21.5. The maximum atomic E-state index is 13.4. The molecule has 7 nitrogen and oxygen atoms in total. The van der Waals surface area contributed by atoms with E-state index in [4.69, 9.17) is 9.47 Å². The largest absolute Gasteiger partial charge is 0.442 e. The van der Waals surface area contributed by atoms with Crippen LogP contribution in [0.4, 0.5) is 4.79 Å². The average Bonchev–Trinajstić information content (AvgIpc) is 2.86. The van der Waals surface area contributed by atoms with Gasteiger partial charge < -0.3 is 24.0 Å². The summed E-state index contributed by atoms with van der Waals surface area (Å²) in [6.07, 6.45) is 11.2. The molecule has 36 heavy (non-hydrogen) atoms. The summed E-state index contributed by atoms with van der Waals surface area (Å²) in [4.78, 5) is 27.1. The lowest BCUT2D eigenvalue weighted by molar-refractivity contribution is -0.133. The molecular formula is C29H36N2O5. The number of allylic oxidation sites excluding steroid dienone is 3. The molecule has 2 aromatic rings. The highest BCUT2D eigenvalue weighted by Gasteiger charge is 2.50. The van der Waals surface area contributed by atoms with Crippen molar-refractivity contribution in [2.45, 2.75) is 50.4 Å². The number of aryl methyl sites for hydroxylation is 1. The normalized spacial score (nSPS) is 24.3. The maximum absolute atomic E-state index is 13.4. The van der Waals surface area contributed by atoms with Crippen molar-refractivity contribution < 1.29 is 19.4 Å². The van der Waals surface area contributed by atoms with Gasteiger partial charge in [-0.2, -0.15) is 0 Å². The average molecular weight is 493 g/mol. The molecule has 192 valence electrons. The van der Waals surface area contributed by atoms with Gasteiger partial charge in [-0.15, -0.1) is 0 Å². The second kappa shape index (κ2) is 10.4. The van der Waals surface area contributed by atoms with Crippen molar-refractivity contribution in [1.29, 1.82) is 0 Å². The number of ether oxygens (including phenoxy) is 2. The van der Waals surface area contributed by atoms with Gasteiger partial charge in [0.25, 0.3) is 5.56 Å². The fraction of sp³-hybridized carbons (Fsp3) is 0.448. The van der Waals surface area contributed by atoms with Gasteiger partial charge in [0.1, 0.15) is 5.60 Å². The molecule has 0 radical (unpaired) electrons. The van der Waals surface area contributed by atoms with Crippen molar-refractivity contribution in [2.24, 2.45) is 13.0 Å². The Morgan fingerprint density at radius 2 is 1.94 bits per heavy atom. The monoisotopic (exact) mass is 492 g/mol. The number of nitrogens with zero attached hydrogens (tertiary/aromatic N) is 2. The summed E-state index contributed by atoms with van der Waals surface area (Å²) >= 11 is 0. The Morgan fingerprint density at radius 3 is 2.56 bits per heavy atom. The molecule has 1 amide bonds. The number of carbonyl (C=O) groups is 1. The molecule has 1 aliphatic carbocycles. The summed E-state index contributed by atoms with van der Waals surface area (Å²) in [5, 5.41) is 11.0. The third kappa shape index (κ3) is 5.47. The second-order valence-corrected chi connectivity index (χ2v) is 10.3. The van der Waals surface area contributed by atoms with Crippen LogP contribution in [0.3, 0.4) is 0 Å². The van der Waals surface area contributed by atoms with E-state index in [1.807, 2.05) is 49.4 Å². The maximum Gasteiger partial charge on any atom is 0.410 e. The number of rotatable bonds is 8. The molecule has 4 rings (SSSR count). The number of aromatic nitrogens is 1. The molecule has 7 heteroatoms. The van der Waals surface area contributed by atoms with Crippen LogP contribution in [-0.2, 0) is 16.5 Å². The summed E-state index contributed by atoms with van der Waals surface area (Å²) in [7, 11) is 3.28. The molecule has 0 saturated carbocycles. The van der Waals surface area contributed by atoms with Gasteiger partial charge >= 0.3 is 6.09 Å². The van der Waals surface area contributed by atoms with Gasteiger partial charge in [-0.05, 0) is 43.0 Å². The Kier molecular flexibility index (Phi) is 7.52. The third-order valence-corrected chi connectivity index (χ3v) is 7.39. The molecule has 2 heterocycles. The first kappa shape index (κ1) is 25.9. The van der Waals surface area contributed by atoms with Crippen LogP contribution in [0.15, 0.2) is 71.7 Å². The van der Waals surface area contributed by atoms with Gasteiger partial charge in [0.05, 0.1) is 18.2 Å². The number of benzene rings is 1. The Hall–Kier alpha value is -3.16. The van der Waals surface area contributed by atoms with Crippen LogP contribution in [0.1, 0.15) is 44.7 Å². The molecule has 1 aromatic carbocycles. The standard InChI is InChI=1S/C29H36N2O5/c1-21(22-10-12-23(13-11-22)24-14-16-30(3)26(32)18-24)31-17-15-29(36-27(31)33,19-28(2,34)20-35-4)25-8-6-5-7-9-25/h5-8,10-14,16,18,21,25,34H,9,15,17,19-20H2,1-4H3/t21?,25?,28-,29-/m0/s1. The Labute approximate surface area is 212 Å². The number of methoxy groups -OCH3 is 1. The summed E-state index contributed by atoms with van der Waals surface area (Å²) in [5.74, 6) is -0.00917. The topological polar surface area (TPSA) is 81.0 Å². The minimum absolute atomic E-state index is 0.00917. The van der Waals surface area contributed by atoms with E-state index in [-0.39, 0.29) is 30.2 Å². The molecule has 1 aromatic heterocycles. The van der Waals surface area contributed by atoms with E-state index in [0.717, 1.165) is 23.1 Å². The van der Waals surface area contributed by atoms with Gasteiger partial charge in [0, 0.05) is 51.7 Å². The minimum Gasteiger partial charge on any atom is -0.442 e. The first-order valence-electron chi connectivity index (χ1n) is 12.5. The molecular weight excluding hydrogens is 456 g/mol. The number of carbonyl (C=O) groups excluding carboxylic acids is 1. The SMILES string of the molecule is COC[C@@](C)(O)C[C@]1(C2C=CC=CC2)CCN(C(C)c2ccc(-c3ccn(C)c(=O)c3)cc2)C(=O)O1. The molecule has 2 unspecified atom stereocenters. The predicted octanol–water partition coefficient (Wildman–Crippen LogP) is 4.61. The first-order chi connectivity index (χ1) is 17.1. The number of hydrogen-bond donors (Lipinski definition) is 1. The van der Waals surface area contributed by atoms with E-state index in [1.54, 1.807) is 38.2 Å². The van der Waals surface area contributed by atoms with E-state index < -0.39 is 11.2 Å². The van der Waals surface area contributed by atoms with Crippen LogP contribution < -0.4 is 5.56 Å². The van der Waals surface area contributed by atoms with Crippen molar-refractivity contribution >= 4 is 6.09 Å². The Balaban J connectivity index is 1.52. The number of aliphatic hydroxyl groups is 1. The quantitative estimate of drug-likeness (QED) is 0.582. The first-order valence-corrected chi connectivity index (χ1v) is 12.5. The Bertz CT molecular complexity index is 1200. The molecule has 1 fully saturated rings. The van der Waals surface area contributed by atoms with Crippen LogP contribution in [0.25, 0.3) is 11.1 Å². The molecule has 1 aliphatic heterocycles. The highest BCUT2D eigenvalue weighted by Crippen LogP contribution is 2.43. The van der Waals surface area contributed by atoms with Crippen LogP contribution in [0, 0.1) is 5.92 Å². The lowest BCUT2D eigenvalue weighted by atomic mass is 9.73. The zero-order chi connectivity index (χ0) is 25.9. The number of amides is 1. The number of cyclic esters (lactones) is 1. The van der Waals surface area contributed by atoms with Gasteiger partial charge in [-0.1, -0.05) is 48.6 Å². The molecule has 1 saturated heterocycles. The van der Waals surface area contributed by atoms with Gasteiger partial charge in [0.15, 0.2) is 0 Å². The third-order valence-electron chi connectivity index (χ3n) is 7.39. The van der Waals surface area contributed by atoms with Crippen molar-refractivity contribution in [3.63, 3.8) is 0 Å². The van der Waals surface area contributed by atoms with Crippen molar-refractivity contribution in [3.8, 4) is 11.1 Å². The summed E-state index contributed by atoms with van der Waals surface area (Å²) in [6, 6.07) is 11.3. The van der Waals surface area contributed by atoms with E-state index in [9.17, 15) is 14.7 Å². The van der Waals surface area contributed by atoms with Crippen molar-refractivity contribution in [3.05, 3.63) is 82.8 Å².